The molecule has 0 saturated heterocycles. The van der Waals surface area contributed by atoms with E-state index in [1.54, 1.807) is 12.1 Å². The fourth-order valence-electron chi connectivity index (χ4n) is 2.03. The Hall–Kier alpha value is -1.31. The van der Waals surface area contributed by atoms with Crippen LogP contribution in [0.25, 0.3) is 0 Å². The quantitative estimate of drug-likeness (QED) is 0.553. The molecule has 0 heterocycles. The minimum atomic E-state index is -3.54. The van der Waals surface area contributed by atoms with Gasteiger partial charge in [0.2, 0.25) is 10.0 Å². The lowest BCUT2D eigenvalue weighted by Gasteiger charge is -2.22. The van der Waals surface area contributed by atoms with Gasteiger partial charge in [-0.05, 0) is 44.0 Å². The van der Waals surface area contributed by atoms with E-state index in [1.165, 1.54) is 26.0 Å². The van der Waals surface area contributed by atoms with Crippen molar-refractivity contribution in [2.24, 2.45) is 5.92 Å². The first-order valence-corrected chi connectivity index (χ1v) is 8.54. The molecule has 7 heteroatoms. The van der Waals surface area contributed by atoms with Gasteiger partial charge in [0.15, 0.2) is 0 Å². The van der Waals surface area contributed by atoms with Crippen molar-refractivity contribution in [1.29, 1.82) is 0 Å². The minimum Gasteiger partial charge on any atom is -0.399 e. The number of likely N-dealkylation sites (N-methyl/N-ethyl adjacent to an activating group) is 1. The fraction of sp³-hybridized carbons (Fsp3) is 0.571. The number of nitrogens with zero attached hydrogens (tertiary/aromatic N) is 1. The predicted molar refractivity (Wildman–Crippen MR) is 83.9 cm³/mol. The molecule has 0 radical (unpaired) electrons. The van der Waals surface area contributed by atoms with Crippen LogP contribution in [-0.2, 0) is 14.8 Å². The first-order chi connectivity index (χ1) is 9.94. The summed E-state index contributed by atoms with van der Waals surface area (Å²) in [5.74, 6) is 0.729. The van der Waals surface area contributed by atoms with Gasteiger partial charge in [0.05, 0.1) is 12.3 Å². The van der Waals surface area contributed by atoms with Gasteiger partial charge < -0.3 is 15.4 Å². The van der Waals surface area contributed by atoms with E-state index in [2.05, 4.69) is 4.72 Å². The molecular formula is C14H23N3O3S. The summed E-state index contributed by atoms with van der Waals surface area (Å²) in [6.07, 6.45) is 2.52. The van der Waals surface area contributed by atoms with Gasteiger partial charge in [0.1, 0.15) is 4.90 Å². The van der Waals surface area contributed by atoms with Crippen molar-refractivity contribution in [2.75, 3.05) is 44.5 Å². The molecule has 1 aromatic carbocycles. The van der Waals surface area contributed by atoms with Crippen LogP contribution in [0.1, 0.15) is 12.8 Å². The van der Waals surface area contributed by atoms with Crippen LogP contribution in [0.3, 0.4) is 0 Å². The van der Waals surface area contributed by atoms with Crippen LogP contribution in [0.4, 0.5) is 11.4 Å². The first kappa shape index (κ1) is 16.1. The summed E-state index contributed by atoms with van der Waals surface area (Å²) in [5, 5.41) is 0. The van der Waals surface area contributed by atoms with Crippen molar-refractivity contribution in [2.45, 2.75) is 17.7 Å². The monoisotopic (exact) mass is 313 g/mol. The van der Waals surface area contributed by atoms with E-state index in [9.17, 15) is 8.42 Å². The molecule has 1 aromatic rings. The molecule has 1 saturated carbocycles. The van der Waals surface area contributed by atoms with E-state index >= 15 is 0 Å². The highest BCUT2D eigenvalue weighted by molar-refractivity contribution is 7.89. The molecule has 0 aliphatic heterocycles. The number of nitrogens with two attached hydrogens (primary N) is 1. The van der Waals surface area contributed by atoms with Crippen LogP contribution in [0, 0.1) is 5.92 Å². The van der Waals surface area contributed by atoms with Gasteiger partial charge in [-0.25, -0.2) is 13.1 Å². The first-order valence-electron chi connectivity index (χ1n) is 7.06. The number of benzene rings is 1. The number of nitrogen functional groups attached to an aromatic ring is 1. The van der Waals surface area contributed by atoms with E-state index < -0.39 is 10.0 Å². The van der Waals surface area contributed by atoms with Crippen LogP contribution >= 0.6 is 0 Å². The molecule has 0 bridgehead atoms. The molecule has 2 rings (SSSR count). The van der Waals surface area contributed by atoms with Gasteiger partial charge >= 0.3 is 0 Å². The molecule has 6 nitrogen and oxygen atoms in total. The zero-order valence-corrected chi connectivity index (χ0v) is 13.3. The lowest BCUT2D eigenvalue weighted by molar-refractivity contribution is 0.131. The Morgan fingerprint density at radius 1 is 1.43 bits per heavy atom. The summed E-state index contributed by atoms with van der Waals surface area (Å²) in [6.45, 7) is 2.01. The Morgan fingerprint density at radius 3 is 2.76 bits per heavy atom. The summed E-state index contributed by atoms with van der Waals surface area (Å²) in [6, 6.07) is 4.90. The number of sulfonamides is 1. The van der Waals surface area contributed by atoms with E-state index in [-0.39, 0.29) is 4.90 Å². The van der Waals surface area contributed by atoms with Gasteiger partial charge in [0.25, 0.3) is 0 Å². The van der Waals surface area contributed by atoms with Crippen molar-refractivity contribution in [3.63, 3.8) is 0 Å². The molecule has 21 heavy (non-hydrogen) atoms. The standard InChI is InChI=1S/C14H23N3O3S/c1-16-21(18,19)14-9-12(15)5-6-13(14)17(2)7-8-20-10-11-3-4-11/h5-6,9,11,16H,3-4,7-8,10,15H2,1-2H3. The maximum atomic E-state index is 12.1. The van der Waals surface area contributed by atoms with E-state index in [0.717, 1.165) is 12.5 Å². The molecule has 0 atom stereocenters. The highest BCUT2D eigenvalue weighted by Gasteiger charge is 2.22. The van der Waals surface area contributed by atoms with Crippen LogP contribution < -0.4 is 15.4 Å². The Labute approximate surface area is 126 Å². The molecule has 0 amide bonds. The zero-order valence-electron chi connectivity index (χ0n) is 12.5. The molecular weight excluding hydrogens is 290 g/mol. The molecule has 118 valence electrons. The topological polar surface area (TPSA) is 84.7 Å². The van der Waals surface area contributed by atoms with Crippen LogP contribution in [0.15, 0.2) is 23.1 Å². The molecule has 0 spiro atoms. The van der Waals surface area contributed by atoms with Crippen molar-refractivity contribution < 1.29 is 13.2 Å². The molecule has 1 aliphatic rings. The molecule has 0 aromatic heterocycles. The predicted octanol–water partition coefficient (Wildman–Crippen LogP) is 1.04. The smallest absolute Gasteiger partial charge is 0.242 e. The fourth-order valence-corrected chi connectivity index (χ4v) is 3.04. The Kier molecular flexibility index (Phi) is 5.08. The third-order valence-corrected chi connectivity index (χ3v) is 5.02. The maximum absolute atomic E-state index is 12.1. The zero-order chi connectivity index (χ0) is 15.5. The summed E-state index contributed by atoms with van der Waals surface area (Å²) in [5.41, 5.74) is 6.75. The third kappa shape index (κ3) is 4.33. The van der Waals surface area contributed by atoms with Crippen molar-refractivity contribution in [1.82, 2.24) is 4.72 Å². The number of rotatable bonds is 8. The van der Waals surface area contributed by atoms with E-state index in [4.69, 9.17) is 10.5 Å². The number of anilines is 2. The van der Waals surface area contributed by atoms with E-state index in [0.29, 0.717) is 24.5 Å². The summed E-state index contributed by atoms with van der Waals surface area (Å²) in [4.78, 5) is 2.06. The van der Waals surface area contributed by atoms with Gasteiger partial charge in [-0.15, -0.1) is 0 Å². The average Bonchev–Trinajstić information content (AvgIpc) is 3.27. The number of hydrogen-bond donors (Lipinski definition) is 2. The molecule has 1 fully saturated rings. The SMILES string of the molecule is CNS(=O)(=O)c1cc(N)ccc1N(C)CCOCC1CC1. The molecule has 0 unspecified atom stereocenters. The number of hydrogen-bond acceptors (Lipinski definition) is 5. The Morgan fingerprint density at radius 2 is 2.14 bits per heavy atom. The minimum absolute atomic E-state index is 0.190. The highest BCUT2D eigenvalue weighted by Crippen LogP contribution is 2.29. The van der Waals surface area contributed by atoms with Crippen molar-refractivity contribution in [3.05, 3.63) is 18.2 Å². The van der Waals surface area contributed by atoms with Crippen LogP contribution in [0.5, 0.6) is 0 Å². The number of nitrogens with one attached hydrogen (secondary N) is 1. The maximum Gasteiger partial charge on any atom is 0.242 e. The average molecular weight is 313 g/mol. The van der Waals surface area contributed by atoms with Gasteiger partial charge in [0, 0.05) is 25.9 Å². The second-order valence-electron chi connectivity index (χ2n) is 5.37. The van der Waals surface area contributed by atoms with Crippen molar-refractivity contribution in [3.8, 4) is 0 Å². The van der Waals surface area contributed by atoms with E-state index in [1.807, 2.05) is 11.9 Å². The lowest BCUT2D eigenvalue weighted by Crippen LogP contribution is -2.27. The van der Waals surface area contributed by atoms with Gasteiger partial charge in [-0.3, -0.25) is 0 Å². The summed E-state index contributed by atoms with van der Waals surface area (Å²) in [7, 11) is -0.305. The second kappa shape index (κ2) is 6.64. The molecule has 1 aliphatic carbocycles. The lowest BCUT2D eigenvalue weighted by atomic mass is 10.2. The highest BCUT2D eigenvalue weighted by atomic mass is 32.2. The number of ether oxygens (including phenoxy) is 1. The summed E-state index contributed by atoms with van der Waals surface area (Å²) < 4.78 is 32.1. The third-order valence-electron chi connectivity index (χ3n) is 3.57. The summed E-state index contributed by atoms with van der Waals surface area (Å²) >= 11 is 0. The molecule has 3 N–H and O–H groups in total. The normalized spacial score (nSPS) is 15.1. The van der Waals surface area contributed by atoms with Crippen molar-refractivity contribution >= 4 is 21.4 Å². The second-order valence-corrected chi connectivity index (χ2v) is 7.23. The van der Waals surface area contributed by atoms with Crippen LogP contribution in [0.2, 0.25) is 0 Å². The largest absolute Gasteiger partial charge is 0.399 e. The Bertz CT molecular complexity index is 585. The van der Waals surface area contributed by atoms with Gasteiger partial charge in [-0.1, -0.05) is 0 Å². The van der Waals surface area contributed by atoms with Gasteiger partial charge in [-0.2, -0.15) is 0 Å². The Balaban J connectivity index is 2.06. The van der Waals surface area contributed by atoms with Crippen LogP contribution in [-0.4, -0.2) is 42.3 Å².